The number of amides is 1. The quantitative estimate of drug-likeness (QED) is 0.691. The minimum atomic E-state index is -0.361. The second kappa shape index (κ2) is 7.14. The highest BCUT2D eigenvalue weighted by atomic mass is 19.1. The topological polar surface area (TPSA) is 89.3 Å². The number of carbonyl (C=O) groups excluding carboxylic acids is 1. The lowest BCUT2D eigenvalue weighted by Crippen LogP contribution is -2.49. The Kier molecular flexibility index (Phi) is 4.53. The van der Waals surface area contributed by atoms with Crippen LogP contribution in [0, 0.1) is 5.82 Å². The van der Waals surface area contributed by atoms with Crippen LogP contribution in [0.3, 0.4) is 0 Å². The molecule has 1 aromatic carbocycles. The number of benzene rings is 1. The normalized spacial score (nSPS) is 14.6. The molecule has 3 heterocycles. The van der Waals surface area contributed by atoms with Crippen LogP contribution < -0.4 is 4.90 Å². The predicted octanol–water partition coefficient (Wildman–Crippen LogP) is 1.63. The second-order valence-corrected chi connectivity index (χ2v) is 6.02. The van der Waals surface area contributed by atoms with E-state index in [4.69, 9.17) is 4.74 Å². The molecule has 9 nitrogen and oxygen atoms in total. The zero-order chi connectivity index (χ0) is 18.8. The fourth-order valence-corrected chi connectivity index (χ4v) is 3.07. The van der Waals surface area contributed by atoms with Crippen LogP contribution >= 0.6 is 0 Å². The van der Waals surface area contributed by atoms with Gasteiger partial charge in [-0.15, -0.1) is 5.10 Å². The van der Waals surface area contributed by atoms with Gasteiger partial charge in [-0.2, -0.15) is 4.68 Å². The molecule has 0 radical (unpaired) electrons. The molecule has 3 aromatic rings. The minimum Gasteiger partial charge on any atom is -0.450 e. The van der Waals surface area contributed by atoms with Gasteiger partial charge in [0.1, 0.15) is 12.1 Å². The Balaban J connectivity index is 1.60. The zero-order valence-corrected chi connectivity index (χ0v) is 14.7. The third kappa shape index (κ3) is 3.25. The summed E-state index contributed by atoms with van der Waals surface area (Å²) in [4.78, 5) is 24.2. The Labute approximate surface area is 154 Å². The molecule has 1 fully saturated rings. The van der Waals surface area contributed by atoms with Gasteiger partial charge in [-0.25, -0.2) is 19.2 Å². The van der Waals surface area contributed by atoms with Gasteiger partial charge in [0.2, 0.25) is 0 Å². The maximum Gasteiger partial charge on any atom is 0.409 e. The van der Waals surface area contributed by atoms with Crippen molar-refractivity contribution in [3.8, 4) is 5.69 Å². The van der Waals surface area contributed by atoms with E-state index in [9.17, 15) is 9.18 Å². The summed E-state index contributed by atoms with van der Waals surface area (Å²) < 4.78 is 20.1. The highest BCUT2D eigenvalue weighted by Crippen LogP contribution is 2.23. The molecule has 1 aliphatic heterocycles. The number of hydrogen-bond acceptors (Lipinski definition) is 7. The smallest absolute Gasteiger partial charge is 0.409 e. The number of piperazine rings is 1. The lowest BCUT2D eigenvalue weighted by atomic mass is 10.3. The monoisotopic (exact) mass is 371 g/mol. The van der Waals surface area contributed by atoms with E-state index < -0.39 is 0 Å². The van der Waals surface area contributed by atoms with Gasteiger partial charge in [-0.05, 0) is 25.1 Å². The predicted molar refractivity (Wildman–Crippen MR) is 95.2 cm³/mol. The van der Waals surface area contributed by atoms with Crippen LogP contribution in [0.15, 0.2) is 30.6 Å². The third-order valence-corrected chi connectivity index (χ3v) is 4.38. The first-order chi connectivity index (χ1) is 13.2. The van der Waals surface area contributed by atoms with E-state index in [1.54, 1.807) is 24.0 Å². The van der Waals surface area contributed by atoms with Crippen molar-refractivity contribution < 1.29 is 13.9 Å². The van der Waals surface area contributed by atoms with Crippen LogP contribution in [0.4, 0.5) is 15.0 Å². The number of hydrogen-bond donors (Lipinski definition) is 0. The van der Waals surface area contributed by atoms with Gasteiger partial charge in [0, 0.05) is 26.2 Å². The molecule has 2 aromatic heterocycles. The van der Waals surface area contributed by atoms with E-state index in [0.717, 1.165) is 0 Å². The van der Waals surface area contributed by atoms with Crippen LogP contribution in [0.2, 0.25) is 0 Å². The first-order valence-electron chi connectivity index (χ1n) is 8.66. The fourth-order valence-electron chi connectivity index (χ4n) is 3.07. The molecule has 1 aliphatic rings. The van der Waals surface area contributed by atoms with Crippen LogP contribution in [-0.2, 0) is 4.74 Å². The SMILES string of the molecule is CCOC(=O)N1CCN(c2ncnc3c2nnn3-c2cccc(F)c2)CC1. The van der Waals surface area contributed by atoms with Crippen molar-refractivity contribution in [2.45, 2.75) is 6.92 Å². The minimum absolute atomic E-state index is 0.304. The molecule has 0 aliphatic carbocycles. The molecule has 140 valence electrons. The van der Waals surface area contributed by atoms with E-state index in [2.05, 4.69) is 20.3 Å². The Morgan fingerprint density at radius 3 is 2.78 bits per heavy atom. The number of halogens is 1. The number of nitrogens with zero attached hydrogens (tertiary/aromatic N) is 7. The van der Waals surface area contributed by atoms with Gasteiger partial charge < -0.3 is 14.5 Å². The summed E-state index contributed by atoms with van der Waals surface area (Å²) >= 11 is 0. The number of ether oxygens (including phenoxy) is 1. The van der Waals surface area contributed by atoms with Gasteiger partial charge >= 0.3 is 6.09 Å². The zero-order valence-electron chi connectivity index (χ0n) is 14.7. The Morgan fingerprint density at radius 1 is 1.22 bits per heavy atom. The van der Waals surface area contributed by atoms with Crippen molar-refractivity contribution >= 4 is 23.1 Å². The highest BCUT2D eigenvalue weighted by molar-refractivity contribution is 5.83. The average molecular weight is 371 g/mol. The maximum absolute atomic E-state index is 13.5. The number of rotatable bonds is 3. The van der Waals surface area contributed by atoms with Crippen LogP contribution in [-0.4, -0.2) is 68.7 Å². The Bertz CT molecular complexity index is 969. The van der Waals surface area contributed by atoms with E-state index in [1.165, 1.54) is 23.1 Å². The molecule has 0 bridgehead atoms. The van der Waals surface area contributed by atoms with E-state index in [1.807, 2.05) is 4.90 Å². The second-order valence-electron chi connectivity index (χ2n) is 6.02. The van der Waals surface area contributed by atoms with Gasteiger partial charge in [-0.3, -0.25) is 0 Å². The van der Waals surface area contributed by atoms with E-state index in [-0.39, 0.29) is 11.9 Å². The largest absolute Gasteiger partial charge is 0.450 e. The molecular weight excluding hydrogens is 353 g/mol. The van der Waals surface area contributed by atoms with Crippen molar-refractivity contribution in [2.24, 2.45) is 0 Å². The summed E-state index contributed by atoms with van der Waals surface area (Å²) in [6.45, 7) is 4.39. The van der Waals surface area contributed by atoms with Crippen molar-refractivity contribution in [3.63, 3.8) is 0 Å². The molecule has 4 rings (SSSR count). The number of carbonyl (C=O) groups is 1. The van der Waals surface area contributed by atoms with Crippen LogP contribution in [0.25, 0.3) is 16.9 Å². The molecule has 10 heteroatoms. The summed E-state index contributed by atoms with van der Waals surface area (Å²) in [7, 11) is 0. The van der Waals surface area contributed by atoms with E-state index in [0.29, 0.717) is 55.5 Å². The number of fused-ring (bicyclic) bond motifs is 1. The Morgan fingerprint density at radius 2 is 2.04 bits per heavy atom. The highest BCUT2D eigenvalue weighted by Gasteiger charge is 2.25. The van der Waals surface area contributed by atoms with Crippen molar-refractivity contribution in [1.82, 2.24) is 29.9 Å². The van der Waals surface area contributed by atoms with Gasteiger partial charge in [0.25, 0.3) is 0 Å². The molecular formula is C17H18FN7O2. The van der Waals surface area contributed by atoms with Crippen LogP contribution in [0.1, 0.15) is 6.92 Å². The summed E-state index contributed by atoms with van der Waals surface area (Å²) in [6, 6.07) is 6.08. The fraction of sp³-hybridized carbons (Fsp3) is 0.353. The molecule has 1 amide bonds. The molecule has 27 heavy (non-hydrogen) atoms. The van der Waals surface area contributed by atoms with Gasteiger partial charge in [-0.1, -0.05) is 11.3 Å². The maximum atomic E-state index is 13.5. The molecule has 0 atom stereocenters. The lowest BCUT2D eigenvalue weighted by Gasteiger charge is -2.34. The van der Waals surface area contributed by atoms with E-state index >= 15 is 0 Å². The Hall–Kier alpha value is -3.30. The van der Waals surface area contributed by atoms with Gasteiger partial charge in [0.15, 0.2) is 17.0 Å². The molecule has 0 saturated carbocycles. The number of anilines is 1. The number of aromatic nitrogens is 5. The summed E-state index contributed by atoms with van der Waals surface area (Å²) in [6.07, 6.45) is 1.14. The molecule has 0 unspecified atom stereocenters. The standard InChI is InChI=1S/C17H18FN7O2/c1-2-27-17(26)24-8-6-23(7-9-24)15-14-16(20-11-19-15)25(22-21-14)13-5-3-4-12(18)10-13/h3-5,10-11H,2,6-9H2,1H3. The summed E-state index contributed by atoms with van der Waals surface area (Å²) in [5.41, 5.74) is 1.57. The summed E-state index contributed by atoms with van der Waals surface area (Å²) in [5.74, 6) is 0.284. The van der Waals surface area contributed by atoms with Crippen molar-refractivity contribution in [1.29, 1.82) is 0 Å². The lowest BCUT2D eigenvalue weighted by molar-refractivity contribution is 0.105. The molecule has 0 N–H and O–H groups in total. The third-order valence-electron chi connectivity index (χ3n) is 4.38. The molecule has 1 saturated heterocycles. The molecule has 0 spiro atoms. The summed E-state index contributed by atoms with van der Waals surface area (Å²) in [5, 5.41) is 8.32. The van der Waals surface area contributed by atoms with Crippen molar-refractivity contribution in [2.75, 3.05) is 37.7 Å². The van der Waals surface area contributed by atoms with Crippen LogP contribution in [0.5, 0.6) is 0 Å². The first-order valence-corrected chi connectivity index (χ1v) is 8.66. The van der Waals surface area contributed by atoms with Gasteiger partial charge in [0.05, 0.1) is 12.3 Å². The van der Waals surface area contributed by atoms with Crippen molar-refractivity contribution in [3.05, 3.63) is 36.4 Å². The first kappa shape index (κ1) is 17.1. The average Bonchev–Trinajstić information content (AvgIpc) is 3.12.